The molecule has 1 aliphatic rings. The van der Waals surface area contributed by atoms with Crippen molar-refractivity contribution in [1.29, 1.82) is 0 Å². The van der Waals surface area contributed by atoms with E-state index in [9.17, 15) is 9.18 Å². The SMILES string of the molecule is COc1ccc(C2CC(=O)NC(=Nc3ccc(Cl)cc3F)S2)cc1OC. The zero-order chi connectivity index (χ0) is 18.7. The highest BCUT2D eigenvalue weighted by Crippen LogP contribution is 2.40. The summed E-state index contributed by atoms with van der Waals surface area (Å²) in [4.78, 5) is 16.3. The van der Waals surface area contributed by atoms with Crippen molar-refractivity contribution >= 4 is 40.1 Å². The maximum atomic E-state index is 14.0. The van der Waals surface area contributed by atoms with Crippen LogP contribution in [0.25, 0.3) is 0 Å². The molecule has 1 N–H and O–H groups in total. The van der Waals surface area contributed by atoms with Gasteiger partial charge in [-0.3, -0.25) is 4.79 Å². The van der Waals surface area contributed by atoms with Gasteiger partial charge in [0.2, 0.25) is 5.91 Å². The van der Waals surface area contributed by atoms with Gasteiger partial charge in [0, 0.05) is 16.7 Å². The van der Waals surface area contributed by atoms with E-state index in [1.807, 2.05) is 12.1 Å². The Morgan fingerprint density at radius 2 is 1.96 bits per heavy atom. The zero-order valence-electron chi connectivity index (χ0n) is 14.1. The van der Waals surface area contributed by atoms with Crippen LogP contribution in [-0.4, -0.2) is 25.3 Å². The molecule has 1 saturated heterocycles. The number of nitrogens with zero attached hydrogens (tertiary/aromatic N) is 1. The predicted molar refractivity (Wildman–Crippen MR) is 101 cm³/mol. The second-order valence-electron chi connectivity index (χ2n) is 5.49. The van der Waals surface area contributed by atoms with E-state index in [1.54, 1.807) is 26.4 Å². The smallest absolute Gasteiger partial charge is 0.227 e. The third kappa shape index (κ3) is 4.11. The Balaban J connectivity index is 1.88. The number of nitrogens with one attached hydrogen (secondary N) is 1. The number of rotatable bonds is 4. The van der Waals surface area contributed by atoms with E-state index in [2.05, 4.69) is 10.3 Å². The van der Waals surface area contributed by atoms with Crippen molar-refractivity contribution in [3.8, 4) is 11.5 Å². The molecule has 0 saturated carbocycles. The molecule has 0 spiro atoms. The van der Waals surface area contributed by atoms with E-state index in [4.69, 9.17) is 21.1 Å². The van der Waals surface area contributed by atoms with Gasteiger partial charge in [0.05, 0.1) is 14.2 Å². The maximum absolute atomic E-state index is 14.0. The fourth-order valence-corrected chi connectivity index (χ4v) is 3.79. The number of amidine groups is 1. The summed E-state index contributed by atoms with van der Waals surface area (Å²) >= 11 is 7.10. The van der Waals surface area contributed by atoms with Crippen LogP contribution >= 0.6 is 23.4 Å². The van der Waals surface area contributed by atoms with Gasteiger partial charge >= 0.3 is 0 Å². The van der Waals surface area contributed by atoms with Gasteiger partial charge in [-0.1, -0.05) is 29.4 Å². The summed E-state index contributed by atoms with van der Waals surface area (Å²) in [6.45, 7) is 0. The third-order valence-electron chi connectivity index (χ3n) is 3.78. The standard InChI is InChI=1S/C18H16ClFN2O3S/c1-24-14-6-3-10(7-15(14)25-2)16-9-17(23)22-18(26-16)21-13-5-4-11(19)8-12(13)20/h3-8,16H,9H2,1-2H3,(H,21,22,23). The van der Waals surface area contributed by atoms with Gasteiger partial charge in [0.1, 0.15) is 11.5 Å². The molecule has 8 heteroatoms. The van der Waals surface area contributed by atoms with Crippen LogP contribution in [0.5, 0.6) is 11.5 Å². The lowest BCUT2D eigenvalue weighted by atomic mass is 10.1. The Morgan fingerprint density at radius 3 is 2.65 bits per heavy atom. The Morgan fingerprint density at radius 1 is 1.19 bits per heavy atom. The minimum Gasteiger partial charge on any atom is -0.493 e. The van der Waals surface area contributed by atoms with Gasteiger partial charge in [-0.25, -0.2) is 9.38 Å². The van der Waals surface area contributed by atoms with Crippen LogP contribution in [0.1, 0.15) is 17.2 Å². The lowest BCUT2D eigenvalue weighted by Crippen LogP contribution is -2.34. The molecule has 3 rings (SSSR count). The molecule has 0 radical (unpaired) electrons. The summed E-state index contributed by atoms with van der Waals surface area (Å²) in [5.41, 5.74) is 1.01. The fraction of sp³-hybridized carbons (Fsp3) is 0.222. The summed E-state index contributed by atoms with van der Waals surface area (Å²) in [5, 5.41) is 3.13. The molecule has 0 aliphatic carbocycles. The summed E-state index contributed by atoms with van der Waals surface area (Å²) < 4.78 is 24.5. The van der Waals surface area contributed by atoms with Crippen LogP contribution < -0.4 is 14.8 Å². The average Bonchev–Trinajstić information content (AvgIpc) is 2.63. The minimum atomic E-state index is -0.548. The van der Waals surface area contributed by atoms with Crippen LogP contribution in [-0.2, 0) is 4.79 Å². The minimum absolute atomic E-state index is 0.116. The summed E-state index contributed by atoms with van der Waals surface area (Å²) in [6.07, 6.45) is 0.280. The number of methoxy groups -OCH3 is 2. The molecule has 1 atom stereocenters. The Labute approximate surface area is 159 Å². The summed E-state index contributed by atoms with van der Waals surface area (Å²) in [7, 11) is 3.12. The van der Waals surface area contributed by atoms with Gasteiger partial charge < -0.3 is 14.8 Å². The van der Waals surface area contributed by atoms with Crippen molar-refractivity contribution < 1.29 is 18.7 Å². The van der Waals surface area contributed by atoms with E-state index in [0.717, 1.165) is 5.56 Å². The molecule has 2 aromatic rings. The van der Waals surface area contributed by atoms with E-state index >= 15 is 0 Å². The third-order valence-corrected chi connectivity index (χ3v) is 5.16. The molecule has 136 valence electrons. The van der Waals surface area contributed by atoms with Crippen molar-refractivity contribution in [1.82, 2.24) is 5.32 Å². The number of halogens is 2. The second-order valence-corrected chi connectivity index (χ2v) is 7.11. The van der Waals surface area contributed by atoms with Crippen LogP contribution in [0.2, 0.25) is 5.02 Å². The van der Waals surface area contributed by atoms with E-state index in [0.29, 0.717) is 16.7 Å². The largest absolute Gasteiger partial charge is 0.493 e. The Bertz CT molecular complexity index is 876. The first-order chi connectivity index (χ1) is 12.5. The lowest BCUT2D eigenvalue weighted by molar-refractivity contribution is -0.119. The van der Waals surface area contributed by atoms with Gasteiger partial charge in [0.25, 0.3) is 0 Å². The molecule has 1 fully saturated rings. The van der Waals surface area contributed by atoms with Gasteiger partial charge in [-0.05, 0) is 35.9 Å². The molecular weight excluding hydrogens is 379 g/mol. The Hall–Kier alpha value is -2.25. The molecule has 2 aromatic carbocycles. The quantitative estimate of drug-likeness (QED) is 0.830. The van der Waals surface area contributed by atoms with Crippen molar-refractivity contribution in [2.45, 2.75) is 11.7 Å². The Kier molecular flexibility index (Phi) is 5.68. The van der Waals surface area contributed by atoms with Crippen molar-refractivity contribution in [2.24, 2.45) is 4.99 Å². The maximum Gasteiger partial charge on any atom is 0.227 e. The highest BCUT2D eigenvalue weighted by molar-refractivity contribution is 8.14. The fourth-order valence-electron chi connectivity index (χ4n) is 2.52. The van der Waals surface area contributed by atoms with E-state index in [-0.39, 0.29) is 28.3 Å². The van der Waals surface area contributed by atoms with E-state index in [1.165, 1.54) is 23.9 Å². The number of carbonyl (C=O) groups is 1. The molecule has 26 heavy (non-hydrogen) atoms. The van der Waals surface area contributed by atoms with Gasteiger partial charge in [0.15, 0.2) is 16.7 Å². The zero-order valence-corrected chi connectivity index (χ0v) is 15.7. The van der Waals surface area contributed by atoms with E-state index < -0.39 is 5.82 Å². The highest BCUT2D eigenvalue weighted by atomic mass is 35.5. The molecule has 1 amide bonds. The predicted octanol–water partition coefficient (Wildman–Crippen LogP) is 4.48. The molecule has 0 bridgehead atoms. The van der Waals surface area contributed by atoms with Crippen molar-refractivity contribution in [3.05, 3.63) is 52.8 Å². The molecule has 1 aliphatic heterocycles. The molecule has 1 heterocycles. The average molecular weight is 395 g/mol. The van der Waals surface area contributed by atoms with Crippen molar-refractivity contribution in [2.75, 3.05) is 14.2 Å². The lowest BCUT2D eigenvalue weighted by Gasteiger charge is -2.24. The van der Waals surface area contributed by atoms with Crippen molar-refractivity contribution in [3.63, 3.8) is 0 Å². The van der Waals surface area contributed by atoms with Gasteiger partial charge in [-0.2, -0.15) is 0 Å². The number of carbonyl (C=O) groups excluding carboxylic acids is 1. The van der Waals surface area contributed by atoms with Gasteiger partial charge in [-0.15, -0.1) is 0 Å². The summed E-state index contributed by atoms with van der Waals surface area (Å²) in [5.74, 6) is 0.460. The number of thioether (sulfide) groups is 1. The van der Waals surface area contributed by atoms with Crippen LogP contribution in [0.4, 0.5) is 10.1 Å². The topological polar surface area (TPSA) is 59.9 Å². The number of hydrogen-bond donors (Lipinski definition) is 1. The highest BCUT2D eigenvalue weighted by Gasteiger charge is 2.27. The number of ether oxygens (including phenoxy) is 2. The number of amides is 1. The number of hydrogen-bond acceptors (Lipinski definition) is 5. The molecule has 0 aromatic heterocycles. The normalized spacial score (nSPS) is 18.5. The first-order valence-corrected chi connectivity index (χ1v) is 8.98. The second kappa shape index (κ2) is 7.97. The number of benzene rings is 2. The first kappa shape index (κ1) is 18.5. The molecule has 1 unspecified atom stereocenters. The molecular formula is C18H16ClFN2O3S. The molecule has 5 nitrogen and oxygen atoms in total. The van der Waals surface area contributed by atoms with Crippen LogP contribution in [0.15, 0.2) is 41.4 Å². The number of aliphatic imine (C=N–C) groups is 1. The monoisotopic (exact) mass is 394 g/mol. The first-order valence-electron chi connectivity index (χ1n) is 7.72. The summed E-state index contributed by atoms with van der Waals surface area (Å²) in [6, 6.07) is 9.69. The van der Waals surface area contributed by atoms with Crippen LogP contribution in [0, 0.1) is 5.82 Å². The van der Waals surface area contributed by atoms with Crippen LogP contribution in [0.3, 0.4) is 0 Å².